The van der Waals surface area contributed by atoms with Crippen LogP contribution in [0.3, 0.4) is 0 Å². The molecule has 0 atom stereocenters. The minimum absolute atomic E-state index is 0.0643. The van der Waals surface area contributed by atoms with Crippen molar-refractivity contribution < 1.29 is 4.79 Å². The number of pyridine rings is 2. The number of carbonyl (C=O) groups excluding carboxylic acids is 1. The van der Waals surface area contributed by atoms with E-state index in [1.165, 1.54) is 6.92 Å². The first-order valence-electron chi connectivity index (χ1n) is 8.94. The highest BCUT2D eigenvalue weighted by molar-refractivity contribution is 5.93. The van der Waals surface area contributed by atoms with E-state index in [1.54, 1.807) is 13.0 Å². The van der Waals surface area contributed by atoms with Gasteiger partial charge in [-0.15, -0.1) is 5.92 Å². The van der Waals surface area contributed by atoms with Crippen LogP contribution < -0.4 is 0 Å². The number of carbonyl (C=O) groups is 1. The summed E-state index contributed by atoms with van der Waals surface area (Å²) in [5.41, 5.74) is 4.71. The Morgan fingerprint density at radius 3 is 2.64 bits per heavy atom. The smallest absolute Gasteiger partial charge is 0.178 e. The topological polar surface area (TPSA) is 60.7 Å². The minimum atomic E-state index is -0.0643. The van der Waals surface area contributed by atoms with E-state index >= 15 is 0 Å². The lowest BCUT2D eigenvalue weighted by Gasteiger charge is -2.08. The molecule has 0 aliphatic heterocycles. The fourth-order valence-electron chi connectivity index (χ4n) is 3.13. The molecule has 1 aromatic carbocycles. The summed E-state index contributed by atoms with van der Waals surface area (Å²) in [6.45, 7) is 5.27. The van der Waals surface area contributed by atoms with E-state index in [0.717, 1.165) is 39.2 Å². The van der Waals surface area contributed by atoms with Crippen molar-refractivity contribution in [2.75, 3.05) is 0 Å². The summed E-state index contributed by atoms with van der Waals surface area (Å²) in [5, 5.41) is 5.49. The van der Waals surface area contributed by atoms with Crippen molar-refractivity contribution in [2.45, 2.75) is 20.8 Å². The van der Waals surface area contributed by atoms with Crippen molar-refractivity contribution >= 4 is 16.7 Å². The average Bonchev–Trinajstić information content (AvgIpc) is 3.12. The van der Waals surface area contributed by atoms with Crippen LogP contribution in [0, 0.1) is 18.8 Å². The van der Waals surface area contributed by atoms with Crippen LogP contribution in [0.4, 0.5) is 0 Å². The van der Waals surface area contributed by atoms with E-state index in [1.807, 2.05) is 60.3 Å². The van der Waals surface area contributed by atoms with Crippen molar-refractivity contribution in [3.05, 3.63) is 71.7 Å². The Labute approximate surface area is 163 Å². The first-order chi connectivity index (χ1) is 13.6. The molecule has 0 unspecified atom stereocenters. The van der Waals surface area contributed by atoms with Gasteiger partial charge in [0.2, 0.25) is 0 Å². The van der Waals surface area contributed by atoms with Crippen molar-refractivity contribution in [2.24, 2.45) is 0 Å². The number of aromatic nitrogens is 4. The van der Waals surface area contributed by atoms with Crippen molar-refractivity contribution in [3.8, 4) is 28.9 Å². The Kier molecular flexibility index (Phi) is 4.46. The summed E-state index contributed by atoms with van der Waals surface area (Å²) in [6, 6.07) is 15.3. The van der Waals surface area contributed by atoms with Gasteiger partial charge in [-0.05, 0) is 50.2 Å². The summed E-state index contributed by atoms with van der Waals surface area (Å²) in [7, 11) is 0. The molecule has 0 fully saturated rings. The number of ketones is 1. The second-order valence-corrected chi connectivity index (χ2v) is 6.49. The number of nitrogens with zero attached hydrogens (tertiary/aromatic N) is 4. The largest absolute Gasteiger partial charge is 0.293 e. The Morgan fingerprint density at radius 2 is 1.89 bits per heavy atom. The third-order valence-electron chi connectivity index (χ3n) is 4.44. The van der Waals surface area contributed by atoms with Gasteiger partial charge in [0, 0.05) is 29.1 Å². The summed E-state index contributed by atoms with van der Waals surface area (Å²) in [4.78, 5) is 20.8. The van der Waals surface area contributed by atoms with Gasteiger partial charge in [-0.25, -0.2) is 14.6 Å². The van der Waals surface area contributed by atoms with Crippen LogP contribution in [-0.4, -0.2) is 25.5 Å². The summed E-state index contributed by atoms with van der Waals surface area (Å²) >= 11 is 0. The van der Waals surface area contributed by atoms with Gasteiger partial charge in [0.1, 0.15) is 5.69 Å². The van der Waals surface area contributed by atoms with Gasteiger partial charge in [0.25, 0.3) is 0 Å². The van der Waals surface area contributed by atoms with Crippen molar-refractivity contribution in [1.82, 2.24) is 19.7 Å². The molecule has 0 radical (unpaired) electrons. The zero-order chi connectivity index (χ0) is 19.7. The number of aryl methyl sites for hydroxylation is 1. The van der Waals surface area contributed by atoms with Gasteiger partial charge < -0.3 is 0 Å². The molecule has 4 aromatic rings. The highest BCUT2D eigenvalue weighted by atomic mass is 16.1. The fourth-order valence-corrected chi connectivity index (χ4v) is 3.13. The zero-order valence-corrected chi connectivity index (χ0v) is 15.9. The van der Waals surface area contributed by atoms with Crippen molar-refractivity contribution in [1.29, 1.82) is 0 Å². The standard InChI is InChI=1S/C23H18N4O/c1-4-7-17-12-18(21-10-6-9-20(26-21)16(3)28)13-22-19(17)14-24-27(22)23-11-5-8-15(2)25-23/h5-6,8-14H,1-3H3. The highest BCUT2D eigenvalue weighted by Gasteiger charge is 2.13. The van der Waals surface area contributed by atoms with Gasteiger partial charge >= 0.3 is 0 Å². The molecular weight excluding hydrogens is 348 g/mol. The minimum Gasteiger partial charge on any atom is -0.293 e. The molecule has 0 aliphatic rings. The summed E-state index contributed by atoms with van der Waals surface area (Å²) in [6.07, 6.45) is 1.81. The molecule has 0 saturated carbocycles. The molecule has 5 heteroatoms. The van der Waals surface area contributed by atoms with E-state index in [9.17, 15) is 4.79 Å². The zero-order valence-electron chi connectivity index (χ0n) is 15.9. The van der Waals surface area contributed by atoms with E-state index in [0.29, 0.717) is 5.69 Å². The van der Waals surface area contributed by atoms with E-state index in [4.69, 9.17) is 0 Å². The molecule has 0 aliphatic carbocycles. The van der Waals surface area contributed by atoms with Gasteiger partial charge in [0.15, 0.2) is 11.6 Å². The van der Waals surface area contributed by atoms with Crippen LogP contribution >= 0.6 is 0 Å². The van der Waals surface area contributed by atoms with Gasteiger partial charge in [-0.3, -0.25) is 4.79 Å². The second-order valence-electron chi connectivity index (χ2n) is 6.49. The van der Waals surface area contributed by atoms with Crippen LogP contribution in [0.1, 0.15) is 35.6 Å². The van der Waals surface area contributed by atoms with Gasteiger partial charge in [-0.2, -0.15) is 5.10 Å². The monoisotopic (exact) mass is 366 g/mol. The predicted molar refractivity (Wildman–Crippen MR) is 109 cm³/mol. The van der Waals surface area contributed by atoms with Crippen LogP contribution in [0.5, 0.6) is 0 Å². The molecule has 0 amide bonds. The first-order valence-corrected chi connectivity index (χ1v) is 8.94. The fraction of sp³-hybridized carbons (Fsp3) is 0.130. The maximum atomic E-state index is 11.7. The number of fused-ring (bicyclic) bond motifs is 1. The number of hydrogen-bond acceptors (Lipinski definition) is 4. The number of hydrogen-bond donors (Lipinski definition) is 0. The normalized spacial score (nSPS) is 10.5. The SMILES string of the molecule is CC#Cc1cc(-c2cccc(C(C)=O)n2)cc2c1cnn2-c1cccc(C)n1. The highest BCUT2D eigenvalue weighted by Crippen LogP contribution is 2.28. The quantitative estimate of drug-likeness (QED) is 0.399. The van der Waals surface area contributed by atoms with E-state index < -0.39 is 0 Å². The number of rotatable bonds is 3. The third-order valence-corrected chi connectivity index (χ3v) is 4.44. The van der Waals surface area contributed by atoms with Crippen LogP contribution in [-0.2, 0) is 0 Å². The molecule has 4 rings (SSSR count). The molecule has 0 saturated heterocycles. The van der Waals surface area contributed by atoms with Crippen LogP contribution in [0.15, 0.2) is 54.7 Å². The summed E-state index contributed by atoms with van der Waals surface area (Å²) in [5.74, 6) is 6.80. The Hall–Kier alpha value is -3.78. The molecule has 3 aromatic heterocycles. The third kappa shape index (κ3) is 3.17. The maximum absolute atomic E-state index is 11.7. The van der Waals surface area contributed by atoms with Gasteiger partial charge in [-0.1, -0.05) is 18.1 Å². The van der Waals surface area contributed by atoms with E-state index in [-0.39, 0.29) is 5.78 Å². The van der Waals surface area contributed by atoms with Crippen LogP contribution in [0.2, 0.25) is 0 Å². The number of benzene rings is 1. The molecule has 28 heavy (non-hydrogen) atoms. The predicted octanol–water partition coefficient (Wildman–Crippen LogP) is 4.36. The lowest BCUT2D eigenvalue weighted by atomic mass is 10.0. The number of Topliss-reactive ketones (excluding diaryl/α,β-unsaturated/α-hetero) is 1. The first kappa shape index (κ1) is 17.6. The molecule has 0 spiro atoms. The lowest BCUT2D eigenvalue weighted by Crippen LogP contribution is -2.01. The average molecular weight is 366 g/mol. The van der Waals surface area contributed by atoms with Crippen molar-refractivity contribution in [3.63, 3.8) is 0 Å². The molecule has 3 heterocycles. The van der Waals surface area contributed by atoms with Crippen LogP contribution in [0.25, 0.3) is 28.0 Å². The van der Waals surface area contributed by atoms with Gasteiger partial charge in [0.05, 0.1) is 17.4 Å². The summed E-state index contributed by atoms with van der Waals surface area (Å²) < 4.78 is 1.81. The molecule has 0 N–H and O–H groups in total. The Morgan fingerprint density at radius 1 is 1.07 bits per heavy atom. The Bertz CT molecular complexity index is 1270. The van der Waals surface area contributed by atoms with E-state index in [2.05, 4.69) is 26.9 Å². The Balaban J connectivity index is 1.98. The lowest BCUT2D eigenvalue weighted by molar-refractivity contribution is 0.101. The molecule has 5 nitrogen and oxygen atoms in total. The second kappa shape index (κ2) is 7.09. The maximum Gasteiger partial charge on any atom is 0.178 e. The molecular formula is C23H18N4O. The molecule has 0 bridgehead atoms. The molecule has 136 valence electrons.